The first-order valence-corrected chi connectivity index (χ1v) is 17.0. The largest absolute Gasteiger partial charge is 0.435 e. The van der Waals surface area contributed by atoms with Crippen LogP contribution in [0, 0.1) is 23.6 Å². The number of alkyl halides is 7. The van der Waals surface area contributed by atoms with Gasteiger partial charge in [0.15, 0.2) is 19.7 Å². The molecule has 4 atom stereocenters. The number of carbonyl (C=O) groups is 1. The van der Waals surface area contributed by atoms with Crippen molar-refractivity contribution in [3.05, 3.63) is 65.0 Å². The molecule has 5 rings (SSSR count). The lowest BCUT2D eigenvalue weighted by atomic mass is 9.72. The Morgan fingerprint density at radius 2 is 1.57 bits per heavy atom. The Morgan fingerprint density at radius 3 is 2.14 bits per heavy atom. The molecular formula is C28H27F8NO5S2. The standard InChI is InChI=1S/C28H27F8NO5S2/c29-19-3-5-20(6-4-19)44(41,42)25-11-9-21(24(38)37-14-16-10-12-43(39,40)15-16)23(25)7-1-17-13-18(2-8-22(17)25)26(30,27(31,32)33)28(34,35)36/h2-6,8,13,16,21,23H,1,7,9-12,14-15H2,(H,37,38)/t16?,21-,23+,25-/m1/s1. The second-order valence-electron chi connectivity index (χ2n) is 11.7. The number of sulfone groups is 2. The van der Waals surface area contributed by atoms with Gasteiger partial charge in [-0.25, -0.2) is 25.6 Å². The summed E-state index contributed by atoms with van der Waals surface area (Å²) in [5.74, 6) is -3.76. The van der Waals surface area contributed by atoms with E-state index in [1.54, 1.807) is 0 Å². The lowest BCUT2D eigenvalue weighted by molar-refractivity contribution is -0.348. The minimum atomic E-state index is -6.37. The molecule has 0 bridgehead atoms. The summed E-state index contributed by atoms with van der Waals surface area (Å²) >= 11 is 0. The highest BCUT2D eigenvalue weighted by molar-refractivity contribution is 7.92. The van der Waals surface area contributed by atoms with Crippen LogP contribution in [-0.2, 0) is 41.3 Å². The molecule has 16 heteroatoms. The number of benzene rings is 2. The summed E-state index contributed by atoms with van der Waals surface area (Å²) in [6.07, 6.45) is -13.1. The van der Waals surface area contributed by atoms with Crippen molar-refractivity contribution in [2.75, 3.05) is 18.1 Å². The average molecular weight is 674 g/mol. The summed E-state index contributed by atoms with van der Waals surface area (Å²) < 4.78 is 160. The van der Waals surface area contributed by atoms with Crippen molar-refractivity contribution in [2.24, 2.45) is 17.8 Å². The lowest BCUT2D eigenvalue weighted by Gasteiger charge is -2.42. The van der Waals surface area contributed by atoms with Crippen LogP contribution in [0.15, 0.2) is 47.4 Å². The van der Waals surface area contributed by atoms with Crippen LogP contribution in [0.5, 0.6) is 0 Å². The molecule has 1 unspecified atom stereocenters. The van der Waals surface area contributed by atoms with Crippen molar-refractivity contribution in [3.8, 4) is 0 Å². The number of aryl methyl sites for hydroxylation is 1. The molecule has 0 spiro atoms. The van der Waals surface area contributed by atoms with Gasteiger partial charge in [0.05, 0.1) is 16.4 Å². The number of fused-ring (bicyclic) bond motifs is 3. The molecular weight excluding hydrogens is 646 g/mol. The zero-order valence-electron chi connectivity index (χ0n) is 22.8. The van der Waals surface area contributed by atoms with Gasteiger partial charge in [-0.2, -0.15) is 26.3 Å². The van der Waals surface area contributed by atoms with E-state index in [1.165, 1.54) is 0 Å². The highest BCUT2D eigenvalue weighted by atomic mass is 32.2. The van der Waals surface area contributed by atoms with Crippen LogP contribution in [0.4, 0.5) is 35.1 Å². The van der Waals surface area contributed by atoms with Gasteiger partial charge in [-0.15, -0.1) is 0 Å². The molecule has 242 valence electrons. The molecule has 0 aromatic heterocycles. The Balaban J connectivity index is 1.58. The molecule has 1 N–H and O–H groups in total. The van der Waals surface area contributed by atoms with E-state index < -0.39 is 71.6 Å². The first-order chi connectivity index (χ1) is 20.2. The third kappa shape index (κ3) is 5.09. The van der Waals surface area contributed by atoms with Crippen LogP contribution < -0.4 is 5.32 Å². The van der Waals surface area contributed by atoms with Crippen molar-refractivity contribution in [1.29, 1.82) is 0 Å². The summed E-state index contributed by atoms with van der Waals surface area (Å²) in [6, 6.07) is 5.14. The number of amides is 1. The SMILES string of the molecule is O=C(NCC1CCS(=O)(=O)C1)[C@@H]1CC[C@@]2(S(=O)(=O)c3ccc(F)cc3)c3ccc(C(F)(C(F)(F)F)C(F)(F)F)cc3CC[C@@H]12. The smallest absolute Gasteiger partial charge is 0.356 e. The van der Waals surface area contributed by atoms with Gasteiger partial charge in [0.1, 0.15) is 10.6 Å². The molecule has 1 heterocycles. The fourth-order valence-electron chi connectivity index (χ4n) is 7.10. The Hall–Kier alpha value is -2.75. The normalized spacial score (nSPS) is 27.0. The summed E-state index contributed by atoms with van der Waals surface area (Å²) in [4.78, 5) is 13.0. The molecule has 44 heavy (non-hydrogen) atoms. The Labute approximate surface area is 248 Å². The van der Waals surface area contributed by atoms with Gasteiger partial charge in [-0.1, -0.05) is 18.2 Å². The van der Waals surface area contributed by atoms with Crippen LogP contribution >= 0.6 is 0 Å². The van der Waals surface area contributed by atoms with Gasteiger partial charge in [-0.3, -0.25) is 4.79 Å². The number of hydrogen-bond acceptors (Lipinski definition) is 5. The summed E-state index contributed by atoms with van der Waals surface area (Å²) in [6.45, 7) is 0.0202. The number of nitrogens with one attached hydrogen (secondary N) is 1. The van der Waals surface area contributed by atoms with Crippen LogP contribution in [0.25, 0.3) is 0 Å². The predicted molar refractivity (Wildman–Crippen MR) is 141 cm³/mol. The predicted octanol–water partition coefficient (Wildman–Crippen LogP) is 5.31. The highest BCUT2D eigenvalue weighted by Crippen LogP contribution is 2.60. The Morgan fingerprint density at radius 1 is 0.932 bits per heavy atom. The van der Waals surface area contributed by atoms with E-state index in [4.69, 9.17) is 0 Å². The van der Waals surface area contributed by atoms with E-state index >= 15 is 0 Å². The minimum absolute atomic E-state index is 0.0202. The third-order valence-corrected chi connectivity index (χ3v) is 13.6. The first kappa shape index (κ1) is 32.6. The molecule has 3 aliphatic rings. The topological polar surface area (TPSA) is 97.4 Å². The Kier molecular flexibility index (Phi) is 7.91. The van der Waals surface area contributed by atoms with Gasteiger partial charge in [0, 0.05) is 18.0 Å². The second kappa shape index (κ2) is 10.7. The van der Waals surface area contributed by atoms with Crippen LogP contribution in [-0.4, -0.2) is 53.1 Å². The van der Waals surface area contributed by atoms with Crippen molar-refractivity contribution in [3.63, 3.8) is 0 Å². The molecule has 1 saturated heterocycles. The van der Waals surface area contributed by atoms with Crippen LogP contribution in [0.3, 0.4) is 0 Å². The molecule has 1 saturated carbocycles. The molecule has 2 aliphatic carbocycles. The molecule has 1 aliphatic heterocycles. The summed E-state index contributed by atoms with van der Waals surface area (Å²) in [7, 11) is -7.81. The number of carbonyl (C=O) groups excluding carboxylic acids is 1. The zero-order valence-corrected chi connectivity index (χ0v) is 24.4. The number of hydrogen-bond donors (Lipinski definition) is 1. The van der Waals surface area contributed by atoms with Crippen molar-refractivity contribution in [2.45, 2.75) is 59.8 Å². The third-order valence-electron chi connectivity index (χ3n) is 9.21. The van der Waals surface area contributed by atoms with E-state index in [1.807, 2.05) is 0 Å². The van der Waals surface area contributed by atoms with Gasteiger partial charge in [-0.05, 0) is 79.3 Å². The average Bonchev–Trinajstić information content (AvgIpc) is 3.50. The highest BCUT2D eigenvalue weighted by Gasteiger charge is 2.74. The van der Waals surface area contributed by atoms with Gasteiger partial charge >= 0.3 is 18.0 Å². The lowest BCUT2D eigenvalue weighted by Crippen LogP contribution is -2.51. The monoisotopic (exact) mass is 673 g/mol. The van der Waals surface area contributed by atoms with E-state index in [0.29, 0.717) is 12.5 Å². The van der Waals surface area contributed by atoms with Gasteiger partial charge in [0.25, 0.3) is 0 Å². The fourth-order valence-corrected chi connectivity index (χ4v) is 11.4. The zero-order chi connectivity index (χ0) is 32.5. The molecule has 2 fully saturated rings. The minimum Gasteiger partial charge on any atom is -0.356 e. The molecule has 2 aromatic carbocycles. The molecule has 1 amide bonds. The van der Waals surface area contributed by atoms with Crippen molar-refractivity contribution in [1.82, 2.24) is 5.32 Å². The van der Waals surface area contributed by atoms with Crippen LogP contribution in [0.2, 0.25) is 0 Å². The van der Waals surface area contributed by atoms with E-state index in [9.17, 15) is 56.8 Å². The van der Waals surface area contributed by atoms with Gasteiger partial charge < -0.3 is 5.32 Å². The molecule has 6 nitrogen and oxygen atoms in total. The van der Waals surface area contributed by atoms with Crippen molar-refractivity contribution < 1.29 is 56.8 Å². The van der Waals surface area contributed by atoms with E-state index in [2.05, 4.69) is 5.32 Å². The quantitative estimate of drug-likeness (QED) is 0.332. The maximum Gasteiger partial charge on any atom is 0.435 e. The maximum atomic E-state index is 14.9. The van der Waals surface area contributed by atoms with E-state index in [0.717, 1.165) is 30.3 Å². The number of rotatable bonds is 6. The maximum absolute atomic E-state index is 14.9. The first-order valence-electron chi connectivity index (χ1n) is 13.7. The Bertz CT molecular complexity index is 1660. The summed E-state index contributed by atoms with van der Waals surface area (Å²) in [5.41, 5.74) is -7.86. The fraction of sp³-hybridized carbons (Fsp3) is 0.536. The molecule has 2 aromatic rings. The van der Waals surface area contributed by atoms with E-state index in [-0.39, 0.29) is 71.7 Å². The van der Waals surface area contributed by atoms with Gasteiger partial charge in [0.2, 0.25) is 5.91 Å². The van der Waals surface area contributed by atoms with Crippen molar-refractivity contribution >= 4 is 25.6 Å². The van der Waals surface area contributed by atoms with Crippen LogP contribution in [0.1, 0.15) is 42.4 Å². The summed E-state index contributed by atoms with van der Waals surface area (Å²) in [5, 5.41) is 2.69. The molecule has 0 radical (unpaired) electrons. The number of halogens is 8. The second-order valence-corrected chi connectivity index (χ2v) is 16.1.